The number of hydrogen-bond acceptors (Lipinski definition) is 4. The normalized spacial score (nSPS) is 16.6. The summed E-state index contributed by atoms with van der Waals surface area (Å²) in [5.41, 5.74) is 2.63. The number of methoxy groups -OCH3 is 2. The molecule has 0 bridgehead atoms. The van der Waals surface area contributed by atoms with Crippen LogP contribution in [0.1, 0.15) is 17.2 Å². The monoisotopic (exact) mass is 301 g/mol. The molecule has 0 unspecified atom stereocenters. The summed E-state index contributed by atoms with van der Waals surface area (Å²) in [7, 11) is 5.37. The summed E-state index contributed by atoms with van der Waals surface area (Å²) in [4.78, 5) is 2.53. The fourth-order valence-electron chi connectivity index (χ4n) is 2.72. The maximum atomic E-state index is 5.43. The van der Waals surface area contributed by atoms with Gasteiger partial charge in [-0.2, -0.15) is 0 Å². The number of fused-ring (bicyclic) bond motifs is 2. The molecule has 0 amide bonds. The maximum absolute atomic E-state index is 5.43. The molecule has 0 saturated heterocycles. The van der Waals surface area contributed by atoms with Gasteiger partial charge in [-0.15, -0.1) is 0 Å². The van der Waals surface area contributed by atoms with Crippen molar-refractivity contribution in [1.82, 2.24) is 5.32 Å². The van der Waals surface area contributed by atoms with Crippen LogP contribution < -0.4 is 14.8 Å². The predicted molar refractivity (Wildman–Crippen MR) is 85.6 cm³/mol. The average molecular weight is 301 g/mol. The lowest BCUT2D eigenvalue weighted by Crippen LogP contribution is -2.18. The number of rotatable bonds is 3. The van der Waals surface area contributed by atoms with Crippen LogP contribution in [0.3, 0.4) is 0 Å². The molecule has 0 radical (unpaired) electrons. The lowest BCUT2D eigenvalue weighted by atomic mass is 9.99. The molecule has 0 aromatic heterocycles. The van der Waals surface area contributed by atoms with E-state index in [0.717, 1.165) is 17.9 Å². The van der Waals surface area contributed by atoms with Gasteiger partial charge in [0.15, 0.2) is 11.5 Å². The number of hydrogen-bond donors (Lipinski definition) is 1. The highest BCUT2D eigenvalue weighted by atomic mass is 32.2. The predicted octanol–water partition coefficient (Wildman–Crippen LogP) is 3.67. The zero-order chi connectivity index (χ0) is 14.8. The third kappa shape index (κ3) is 2.61. The summed E-state index contributed by atoms with van der Waals surface area (Å²) in [5, 5.41) is 3.42. The van der Waals surface area contributed by atoms with E-state index in [1.54, 1.807) is 26.0 Å². The van der Waals surface area contributed by atoms with Crippen LogP contribution >= 0.6 is 11.8 Å². The maximum Gasteiger partial charge on any atom is 0.161 e. The standard InChI is InChI=1S/C17H19NO2S/c1-18-13-8-11-9-14(19-2)15(20-3)10-17(11)21-16-7-5-4-6-12(13)16/h4-7,9-10,13,18H,8H2,1-3H3/t13-/m1/s1. The van der Waals surface area contributed by atoms with Crippen LogP contribution in [-0.2, 0) is 6.42 Å². The minimum absolute atomic E-state index is 0.313. The Morgan fingerprint density at radius 1 is 1.05 bits per heavy atom. The third-order valence-corrected chi connectivity index (χ3v) is 5.05. The number of benzene rings is 2. The van der Waals surface area contributed by atoms with Crippen LogP contribution in [0.25, 0.3) is 0 Å². The lowest BCUT2D eigenvalue weighted by Gasteiger charge is -2.17. The molecule has 1 N–H and O–H groups in total. The molecular weight excluding hydrogens is 282 g/mol. The van der Waals surface area contributed by atoms with Crippen LogP contribution in [0.5, 0.6) is 11.5 Å². The van der Waals surface area contributed by atoms with Gasteiger partial charge in [0.25, 0.3) is 0 Å². The molecule has 4 heteroatoms. The van der Waals surface area contributed by atoms with Gasteiger partial charge < -0.3 is 14.8 Å². The summed E-state index contributed by atoms with van der Waals surface area (Å²) in [6.45, 7) is 0. The summed E-state index contributed by atoms with van der Waals surface area (Å²) in [6, 6.07) is 13.0. The van der Waals surface area contributed by atoms with Crippen molar-refractivity contribution in [3.63, 3.8) is 0 Å². The topological polar surface area (TPSA) is 30.5 Å². The largest absolute Gasteiger partial charge is 0.493 e. The lowest BCUT2D eigenvalue weighted by molar-refractivity contribution is 0.353. The Labute approximate surface area is 129 Å². The Hall–Kier alpha value is -1.65. The molecule has 21 heavy (non-hydrogen) atoms. The molecular formula is C17H19NO2S. The fourth-order valence-corrected chi connectivity index (χ4v) is 3.88. The minimum Gasteiger partial charge on any atom is -0.493 e. The van der Waals surface area contributed by atoms with Crippen molar-refractivity contribution in [2.45, 2.75) is 22.3 Å². The zero-order valence-corrected chi connectivity index (χ0v) is 13.3. The molecule has 3 nitrogen and oxygen atoms in total. The minimum atomic E-state index is 0.313. The number of likely N-dealkylation sites (N-methyl/N-ethyl adjacent to an activating group) is 1. The molecule has 1 atom stereocenters. The van der Waals surface area contributed by atoms with Crippen LogP contribution in [0.2, 0.25) is 0 Å². The second-order valence-electron chi connectivity index (χ2n) is 5.00. The summed E-state index contributed by atoms with van der Waals surface area (Å²) in [6.07, 6.45) is 0.941. The van der Waals surface area contributed by atoms with Gasteiger partial charge in [0.1, 0.15) is 0 Å². The first-order valence-electron chi connectivity index (χ1n) is 6.95. The highest BCUT2D eigenvalue weighted by molar-refractivity contribution is 7.99. The SMILES string of the molecule is CN[C@@H]1Cc2cc(OC)c(OC)cc2Sc2ccccc21. The molecule has 0 aliphatic carbocycles. The Morgan fingerprint density at radius 3 is 2.48 bits per heavy atom. The Bertz CT molecular complexity index is 657. The van der Waals surface area contributed by atoms with Crippen molar-refractivity contribution in [2.24, 2.45) is 0 Å². The van der Waals surface area contributed by atoms with Crippen molar-refractivity contribution in [1.29, 1.82) is 0 Å². The fraction of sp³-hybridized carbons (Fsp3) is 0.294. The Kier molecular flexibility index (Phi) is 4.08. The molecule has 0 spiro atoms. The van der Waals surface area contributed by atoms with Crippen LogP contribution in [-0.4, -0.2) is 21.3 Å². The molecule has 2 aromatic carbocycles. The number of ether oxygens (including phenoxy) is 2. The average Bonchev–Trinajstić information content (AvgIpc) is 2.69. The molecule has 0 saturated carbocycles. The van der Waals surface area contributed by atoms with Gasteiger partial charge in [0, 0.05) is 15.8 Å². The van der Waals surface area contributed by atoms with Gasteiger partial charge in [-0.3, -0.25) is 0 Å². The van der Waals surface area contributed by atoms with E-state index in [1.165, 1.54) is 20.9 Å². The van der Waals surface area contributed by atoms with Gasteiger partial charge in [-0.05, 0) is 42.8 Å². The highest BCUT2D eigenvalue weighted by Gasteiger charge is 2.23. The second kappa shape index (κ2) is 6.00. The Morgan fingerprint density at radius 2 is 1.76 bits per heavy atom. The van der Waals surface area contributed by atoms with E-state index in [4.69, 9.17) is 9.47 Å². The Balaban J connectivity index is 2.12. The van der Waals surface area contributed by atoms with E-state index >= 15 is 0 Å². The van der Waals surface area contributed by atoms with Gasteiger partial charge >= 0.3 is 0 Å². The quantitative estimate of drug-likeness (QED) is 0.937. The van der Waals surface area contributed by atoms with Crippen LogP contribution in [0.15, 0.2) is 46.2 Å². The van der Waals surface area contributed by atoms with E-state index in [9.17, 15) is 0 Å². The first-order chi connectivity index (χ1) is 10.3. The summed E-state index contributed by atoms with van der Waals surface area (Å²) < 4.78 is 10.9. The van der Waals surface area contributed by atoms with Crippen molar-refractivity contribution in [3.8, 4) is 11.5 Å². The van der Waals surface area contributed by atoms with E-state index in [2.05, 4.69) is 41.7 Å². The molecule has 1 heterocycles. The van der Waals surface area contributed by atoms with Crippen LogP contribution in [0.4, 0.5) is 0 Å². The first kappa shape index (κ1) is 14.3. The second-order valence-corrected chi connectivity index (χ2v) is 6.08. The summed E-state index contributed by atoms with van der Waals surface area (Å²) >= 11 is 1.80. The summed E-state index contributed by atoms with van der Waals surface area (Å²) in [5.74, 6) is 1.57. The van der Waals surface area contributed by atoms with Crippen molar-refractivity contribution >= 4 is 11.8 Å². The molecule has 0 fully saturated rings. The van der Waals surface area contributed by atoms with Gasteiger partial charge in [-0.1, -0.05) is 30.0 Å². The third-order valence-electron chi connectivity index (χ3n) is 3.85. The van der Waals surface area contributed by atoms with Crippen molar-refractivity contribution in [2.75, 3.05) is 21.3 Å². The zero-order valence-electron chi connectivity index (χ0n) is 12.5. The van der Waals surface area contributed by atoms with E-state index in [0.29, 0.717) is 6.04 Å². The molecule has 110 valence electrons. The highest BCUT2D eigenvalue weighted by Crippen LogP contribution is 2.44. The molecule has 3 rings (SSSR count). The van der Waals surface area contributed by atoms with Gasteiger partial charge in [0.2, 0.25) is 0 Å². The van der Waals surface area contributed by atoms with Gasteiger partial charge in [-0.25, -0.2) is 0 Å². The molecule has 2 aromatic rings. The van der Waals surface area contributed by atoms with E-state index < -0.39 is 0 Å². The number of nitrogens with one attached hydrogen (secondary N) is 1. The van der Waals surface area contributed by atoms with E-state index in [1.807, 2.05) is 7.05 Å². The molecule has 1 aliphatic rings. The smallest absolute Gasteiger partial charge is 0.161 e. The van der Waals surface area contributed by atoms with Crippen molar-refractivity contribution < 1.29 is 9.47 Å². The van der Waals surface area contributed by atoms with E-state index in [-0.39, 0.29) is 0 Å². The van der Waals surface area contributed by atoms with Crippen LogP contribution in [0, 0.1) is 0 Å². The van der Waals surface area contributed by atoms with Crippen molar-refractivity contribution in [3.05, 3.63) is 47.5 Å². The van der Waals surface area contributed by atoms with Gasteiger partial charge in [0.05, 0.1) is 14.2 Å². The molecule has 1 aliphatic heterocycles. The first-order valence-corrected chi connectivity index (χ1v) is 7.77.